The van der Waals surface area contributed by atoms with E-state index in [9.17, 15) is 4.79 Å². The van der Waals surface area contributed by atoms with Crippen LogP contribution in [0.1, 0.15) is 10.5 Å². The molecule has 0 bridgehead atoms. The smallest absolute Gasteiger partial charge is 0.360 e. The van der Waals surface area contributed by atoms with E-state index in [2.05, 4.69) is 24.9 Å². The Morgan fingerprint density at radius 3 is 2.65 bits per heavy atom. The van der Waals surface area contributed by atoms with Crippen LogP contribution in [0.5, 0.6) is 0 Å². The minimum absolute atomic E-state index is 0.0456. The van der Waals surface area contributed by atoms with Crippen LogP contribution >= 0.6 is 11.6 Å². The van der Waals surface area contributed by atoms with Crippen LogP contribution in [-0.2, 0) is 4.74 Å². The minimum atomic E-state index is -0.711. The number of hydrogen-bond acceptors (Lipinski definition) is 7. The van der Waals surface area contributed by atoms with Gasteiger partial charge >= 0.3 is 5.97 Å². The monoisotopic (exact) mass is 254 g/mol. The fraction of sp³-hybridized carbons (Fsp3) is 0.125. The van der Waals surface area contributed by atoms with E-state index in [1.165, 1.54) is 19.5 Å². The first-order valence-electron chi connectivity index (χ1n) is 4.41. The summed E-state index contributed by atoms with van der Waals surface area (Å²) in [5.41, 5.74) is 5.43. The van der Waals surface area contributed by atoms with Crippen molar-refractivity contribution in [3.63, 3.8) is 0 Å². The highest BCUT2D eigenvalue weighted by Crippen LogP contribution is 2.18. The lowest BCUT2D eigenvalue weighted by molar-refractivity contribution is 0.0595. The molecule has 0 unspecified atom stereocenters. The number of methoxy groups -OCH3 is 1. The van der Waals surface area contributed by atoms with Crippen LogP contribution in [0, 0.1) is 0 Å². The van der Waals surface area contributed by atoms with Gasteiger partial charge in [0.25, 0.3) is 0 Å². The Morgan fingerprint density at radius 1 is 1.41 bits per heavy atom. The van der Waals surface area contributed by atoms with Crippen molar-refractivity contribution in [3.05, 3.63) is 23.2 Å². The molecule has 0 atom stereocenters. The van der Waals surface area contributed by atoms with Gasteiger partial charge in [-0.2, -0.15) is 10.2 Å². The fourth-order valence-electron chi connectivity index (χ4n) is 1.12. The van der Waals surface area contributed by atoms with Gasteiger partial charge < -0.3 is 10.5 Å². The second-order valence-electron chi connectivity index (χ2n) is 2.88. The second-order valence-corrected chi connectivity index (χ2v) is 3.24. The Hall–Kier alpha value is -2.22. The predicted molar refractivity (Wildman–Crippen MR) is 57.7 cm³/mol. The van der Waals surface area contributed by atoms with Crippen LogP contribution in [0.4, 0.5) is 5.82 Å². The molecular formula is C8H7ClN6O2. The first-order chi connectivity index (χ1) is 8.13. The molecule has 2 rings (SSSR count). The molecule has 17 heavy (non-hydrogen) atoms. The summed E-state index contributed by atoms with van der Waals surface area (Å²) in [5.74, 6) is -0.674. The van der Waals surface area contributed by atoms with Crippen LogP contribution in [0.3, 0.4) is 0 Å². The molecule has 2 N–H and O–H groups in total. The summed E-state index contributed by atoms with van der Waals surface area (Å²) in [5, 5.41) is 7.61. The summed E-state index contributed by atoms with van der Waals surface area (Å²) in [6, 6.07) is 0. The number of aromatic nitrogens is 5. The Morgan fingerprint density at radius 2 is 2.06 bits per heavy atom. The van der Waals surface area contributed by atoms with E-state index in [-0.39, 0.29) is 22.5 Å². The highest BCUT2D eigenvalue weighted by Gasteiger charge is 2.18. The Balaban J connectivity index is 2.53. The lowest BCUT2D eigenvalue weighted by Gasteiger charge is -2.06. The number of anilines is 1. The number of esters is 1. The molecule has 0 aromatic carbocycles. The van der Waals surface area contributed by atoms with E-state index in [1.807, 2.05) is 0 Å². The number of nitrogens with two attached hydrogens (primary N) is 1. The molecule has 9 heteroatoms. The van der Waals surface area contributed by atoms with Gasteiger partial charge in [0, 0.05) is 0 Å². The molecule has 0 fully saturated rings. The van der Waals surface area contributed by atoms with Gasteiger partial charge in [-0.1, -0.05) is 11.6 Å². The van der Waals surface area contributed by atoms with Gasteiger partial charge in [0.1, 0.15) is 0 Å². The molecule has 2 heterocycles. The molecule has 0 aliphatic rings. The first-order valence-corrected chi connectivity index (χ1v) is 4.79. The van der Waals surface area contributed by atoms with Gasteiger partial charge in [0.15, 0.2) is 16.7 Å². The molecule has 0 amide bonds. The molecule has 88 valence electrons. The van der Waals surface area contributed by atoms with Crippen molar-refractivity contribution in [2.45, 2.75) is 0 Å². The van der Waals surface area contributed by atoms with E-state index >= 15 is 0 Å². The topological polar surface area (TPSA) is 109 Å². The average molecular weight is 255 g/mol. The molecular weight excluding hydrogens is 248 g/mol. The van der Waals surface area contributed by atoms with E-state index in [0.29, 0.717) is 0 Å². The lowest BCUT2D eigenvalue weighted by Crippen LogP contribution is -2.14. The molecule has 0 saturated heterocycles. The molecule has 0 radical (unpaired) electrons. The van der Waals surface area contributed by atoms with Crippen LogP contribution in [0.15, 0.2) is 12.4 Å². The molecule has 2 aromatic heterocycles. The minimum Gasteiger partial charge on any atom is -0.464 e. The largest absolute Gasteiger partial charge is 0.464 e. The fourth-order valence-corrected chi connectivity index (χ4v) is 1.32. The molecule has 0 aliphatic heterocycles. The maximum atomic E-state index is 11.3. The Labute approximate surface area is 100 Å². The summed E-state index contributed by atoms with van der Waals surface area (Å²) < 4.78 is 4.48. The number of nitrogen functional groups attached to an aromatic ring is 1. The average Bonchev–Trinajstić information content (AvgIpc) is 2.84. The van der Waals surface area contributed by atoms with Gasteiger partial charge in [-0.25, -0.2) is 14.8 Å². The number of carbonyl (C=O) groups is 1. The maximum absolute atomic E-state index is 11.3. The normalized spacial score (nSPS) is 10.2. The van der Waals surface area contributed by atoms with Gasteiger partial charge in [-0.05, 0) is 0 Å². The van der Waals surface area contributed by atoms with Gasteiger partial charge in [0.2, 0.25) is 5.82 Å². The molecule has 8 nitrogen and oxygen atoms in total. The van der Waals surface area contributed by atoms with Crippen molar-refractivity contribution >= 4 is 23.4 Å². The third kappa shape index (κ3) is 2.02. The zero-order chi connectivity index (χ0) is 12.4. The van der Waals surface area contributed by atoms with Gasteiger partial charge in [-0.15, -0.1) is 4.80 Å². The molecule has 0 saturated carbocycles. The van der Waals surface area contributed by atoms with Crippen LogP contribution in [0.2, 0.25) is 5.15 Å². The number of halogens is 1. The van der Waals surface area contributed by atoms with E-state index < -0.39 is 5.97 Å². The van der Waals surface area contributed by atoms with E-state index in [4.69, 9.17) is 17.3 Å². The number of carbonyl (C=O) groups excluding carboxylic acids is 1. The van der Waals surface area contributed by atoms with Crippen LogP contribution in [0.25, 0.3) is 5.82 Å². The van der Waals surface area contributed by atoms with Crippen molar-refractivity contribution in [1.82, 2.24) is 25.0 Å². The Bertz CT molecular complexity index is 555. The van der Waals surface area contributed by atoms with Crippen molar-refractivity contribution in [2.24, 2.45) is 0 Å². The standard InChI is InChI=1S/C8H7ClN6O2/c1-17-8(16)4-6(10)14-7(5(9)13-4)15-11-2-3-12-15/h2-3H,1H3,(H2,10,14). The van der Waals surface area contributed by atoms with Crippen LogP contribution in [-0.4, -0.2) is 38.0 Å². The zero-order valence-electron chi connectivity index (χ0n) is 8.66. The number of ether oxygens (including phenoxy) is 1. The molecule has 2 aromatic rings. The quantitative estimate of drug-likeness (QED) is 0.756. The third-order valence-electron chi connectivity index (χ3n) is 1.85. The number of nitrogens with zero attached hydrogens (tertiary/aromatic N) is 5. The SMILES string of the molecule is COC(=O)c1nc(Cl)c(-n2nccn2)nc1N. The van der Waals surface area contributed by atoms with E-state index in [0.717, 1.165) is 4.80 Å². The molecule has 0 aliphatic carbocycles. The summed E-state index contributed by atoms with van der Waals surface area (Å²) in [6.45, 7) is 0. The van der Waals surface area contributed by atoms with Gasteiger partial charge in [-0.3, -0.25) is 0 Å². The zero-order valence-corrected chi connectivity index (χ0v) is 9.42. The van der Waals surface area contributed by atoms with Crippen molar-refractivity contribution in [3.8, 4) is 5.82 Å². The van der Waals surface area contributed by atoms with Gasteiger partial charge in [0.05, 0.1) is 19.5 Å². The highest BCUT2D eigenvalue weighted by molar-refractivity contribution is 6.31. The summed E-state index contributed by atoms with van der Waals surface area (Å²) in [7, 11) is 1.21. The predicted octanol–water partition coefficient (Wildman–Crippen LogP) is 0.0795. The van der Waals surface area contributed by atoms with E-state index in [1.54, 1.807) is 0 Å². The Kier molecular flexibility index (Phi) is 2.88. The second kappa shape index (κ2) is 4.34. The first kappa shape index (κ1) is 11.3. The van der Waals surface area contributed by atoms with Crippen molar-refractivity contribution in [1.29, 1.82) is 0 Å². The van der Waals surface area contributed by atoms with Crippen LogP contribution < -0.4 is 5.73 Å². The number of rotatable bonds is 2. The summed E-state index contributed by atoms with van der Waals surface area (Å²) in [6.07, 6.45) is 2.89. The summed E-state index contributed by atoms with van der Waals surface area (Å²) >= 11 is 5.86. The highest BCUT2D eigenvalue weighted by atomic mass is 35.5. The van der Waals surface area contributed by atoms with Crippen molar-refractivity contribution in [2.75, 3.05) is 12.8 Å². The summed E-state index contributed by atoms with van der Waals surface area (Å²) in [4.78, 5) is 20.1. The maximum Gasteiger partial charge on any atom is 0.360 e. The lowest BCUT2D eigenvalue weighted by atomic mass is 10.4. The molecule has 0 spiro atoms. The number of hydrogen-bond donors (Lipinski definition) is 1. The van der Waals surface area contributed by atoms with Crippen molar-refractivity contribution < 1.29 is 9.53 Å². The third-order valence-corrected chi connectivity index (χ3v) is 2.10.